The molecule has 0 aliphatic carbocycles. The van der Waals surface area contributed by atoms with Crippen molar-refractivity contribution in [3.8, 4) is 0 Å². The van der Waals surface area contributed by atoms with E-state index in [1.165, 1.54) is 0 Å². The van der Waals surface area contributed by atoms with Crippen LogP contribution in [0.1, 0.15) is 36.7 Å². The van der Waals surface area contributed by atoms with Gasteiger partial charge in [-0.25, -0.2) is 14.6 Å². The molecule has 9 heteroatoms. The highest BCUT2D eigenvalue weighted by Crippen LogP contribution is 2.32. The van der Waals surface area contributed by atoms with Gasteiger partial charge in [-0.1, -0.05) is 0 Å². The molecule has 0 radical (unpaired) electrons. The summed E-state index contributed by atoms with van der Waals surface area (Å²) in [5, 5.41) is 0.498. The third-order valence-electron chi connectivity index (χ3n) is 2.48. The molecular weight excluding hydrogens is 320 g/mol. The molecule has 1 N–H and O–H groups in total. The molecule has 0 atom stereocenters. The number of amides is 2. The van der Waals surface area contributed by atoms with Gasteiger partial charge >= 0.3 is 12.3 Å². The largest absolute Gasteiger partial charge is 0.443 e. The Labute approximate surface area is 130 Å². The van der Waals surface area contributed by atoms with Crippen LogP contribution in [-0.2, 0) is 10.9 Å². The van der Waals surface area contributed by atoms with Gasteiger partial charge in [0.2, 0.25) is 0 Å². The fourth-order valence-electron chi connectivity index (χ4n) is 1.61. The summed E-state index contributed by atoms with van der Waals surface area (Å²) in [6.45, 7) is 4.72. The van der Waals surface area contributed by atoms with E-state index in [2.05, 4.69) is 0 Å². The van der Waals surface area contributed by atoms with Crippen molar-refractivity contribution in [1.82, 2.24) is 10.4 Å². The standard InChI is InChI=1S/C14H16F4N2O3/c1-13(2,3)23-12(22)19-20(4)11(21)9-7-8(15)5-6-10(9)14(16,17)18/h5-7H,1-4H3,(H,19,22). The maximum absolute atomic E-state index is 13.2. The Morgan fingerprint density at radius 2 is 1.74 bits per heavy atom. The van der Waals surface area contributed by atoms with Crippen LogP contribution in [0.15, 0.2) is 18.2 Å². The summed E-state index contributed by atoms with van der Waals surface area (Å²) in [5.41, 5.74) is -1.12. The maximum atomic E-state index is 13.2. The second-order valence-corrected chi connectivity index (χ2v) is 5.67. The zero-order chi connectivity index (χ0) is 18.0. The minimum atomic E-state index is -4.84. The van der Waals surface area contributed by atoms with Crippen LogP contribution in [0.4, 0.5) is 22.4 Å². The number of benzene rings is 1. The lowest BCUT2D eigenvalue weighted by molar-refractivity contribution is -0.138. The zero-order valence-corrected chi connectivity index (χ0v) is 12.9. The molecule has 0 heterocycles. The molecule has 0 spiro atoms. The van der Waals surface area contributed by atoms with Crippen LogP contribution in [-0.4, -0.2) is 29.7 Å². The molecule has 1 aromatic rings. The molecule has 23 heavy (non-hydrogen) atoms. The Morgan fingerprint density at radius 1 is 1.17 bits per heavy atom. The Balaban J connectivity index is 3.01. The number of carbonyl (C=O) groups is 2. The molecule has 0 aliphatic rings. The summed E-state index contributed by atoms with van der Waals surface area (Å²) in [5.74, 6) is -2.24. The van der Waals surface area contributed by atoms with Gasteiger partial charge in [0, 0.05) is 7.05 Å². The smallest absolute Gasteiger partial charge is 0.426 e. The Morgan fingerprint density at radius 3 is 2.22 bits per heavy atom. The van der Waals surface area contributed by atoms with Gasteiger partial charge in [-0.05, 0) is 39.0 Å². The van der Waals surface area contributed by atoms with E-state index >= 15 is 0 Å². The minimum Gasteiger partial charge on any atom is -0.443 e. The number of rotatable bonds is 1. The van der Waals surface area contributed by atoms with Crippen molar-refractivity contribution in [3.63, 3.8) is 0 Å². The summed E-state index contributed by atoms with van der Waals surface area (Å²) in [6, 6.07) is 1.52. The predicted molar refractivity (Wildman–Crippen MR) is 72.9 cm³/mol. The van der Waals surface area contributed by atoms with Crippen molar-refractivity contribution in [2.75, 3.05) is 7.05 Å². The van der Waals surface area contributed by atoms with E-state index in [1.807, 2.05) is 5.43 Å². The second kappa shape index (κ2) is 6.43. The fourth-order valence-corrected chi connectivity index (χ4v) is 1.61. The molecule has 0 saturated carbocycles. The molecule has 0 aliphatic heterocycles. The zero-order valence-electron chi connectivity index (χ0n) is 12.9. The first-order valence-electron chi connectivity index (χ1n) is 6.45. The fraction of sp³-hybridized carbons (Fsp3) is 0.429. The summed E-state index contributed by atoms with van der Waals surface area (Å²) in [6.07, 6.45) is -5.87. The van der Waals surface area contributed by atoms with E-state index < -0.39 is 40.7 Å². The molecule has 0 aromatic heterocycles. The number of nitrogens with one attached hydrogen (secondary N) is 1. The van der Waals surface area contributed by atoms with Crippen LogP contribution in [0.25, 0.3) is 0 Å². The van der Waals surface area contributed by atoms with Gasteiger partial charge in [0.25, 0.3) is 5.91 Å². The summed E-state index contributed by atoms with van der Waals surface area (Å²) < 4.78 is 56.7. The molecule has 128 valence electrons. The third kappa shape index (κ3) is 5.42. The van der Waals surface area contributed by atoms with Gasteiger partial charge in [0.05, 0.1) is 11.1 Å². The van der Waals surface area contributed by atoms with E-state index in [0.29, 0.717) is 23.2 Å². The number of ether oxygens (including phenoxy) is 1. The molecular formula is C14H16F4N2O3. The minimum absolute atomic E-state index is 0.457. The Kier molecular flexibility index (Phi) is 5.24. The van der Waals surface area contributed by atoms with E-state index in [4.69, 9.17) is 4.74 Å². The van der Waals surface area contributed by atoms with Crippen LogP contribution in [0.5, 0.6) is 0 Å². The Hall–Kier alpha value is -2.32. The average Bonchev–Trinajstić information content (AvgIpc) is 2.33. The quantitative estimate of drug-likeness (QED) is 0.632. The number of hydrazine groups is 1. The van der Waals surface area contributed by atoms with Gasteiger partial charge in [-0.3, -0.25) is 9.80 Å². The lowest BCUT2D eigenvalue weighted by Gasteiger charge is -2.24. The molecule has 0 saturated heterocycles. The number of hydrogen-bond acceptors (Lipinski definition) is 3. The normalized spacial score (nSPS) is 11.8. The maximum Gasteiger partial charge on any atom is 0.426 e. The third-order valence-corrected chi connectivity index (χ3v) is 2.48. The van der Waals surface area contributed by atoms with E-state index in [1.54, 1.807) is 20.8 Å². The van der Waals surface area contributed by atoms with Crippen LogP contribution in [0.3, 0.4) is 0 Å². The first-order valence-corrected chi connectivity index (χ1v) is 6.45. The van der Waals surface area contributed by atoms with Crippen LogP contribution < -0.4 is 5.43 Å². The highest BCUT2D eigenvalue weighted by molar-refractivity contribution is 5.96. The van der Waals surface area contributed by atoms with Crippen molar-refractivity contribution in [1.29, 1.82) is 0 Å². The van der Waals surface area contributed by atoms with Gasteiger partial charge in [-0.2, -0.15) is 13.2 Å². The lowest BCUT2D eigenvalue weighted by atomic mass is 10.1. The first-order chi connectivity index (χ1) is 10.3. The van der Waals surface area contributed by atoms with Gasteiger partial charge in [-0.15, -0.1) is 0 Å². The summed E-state index contributed by atoms with van der Waals surface area (Å²) >= 11 is 0. The van der Waals surface area contributed by atoms with Crippen LogP contribution >= 0.6 is 0 Å². The van der Waals surface area contributed by atoms with Crippen molar-refractivity contribution >= 4 is 12.0 Å². The van der Waals surface area contributed by atoms with Crippen molar-refractivity contribution < 1.29 is 31.9 Å². The van der Waals surface area contributed by atoms with E-state index in [0.717, 1.165) is 7.05 Å². The molecule has 5 nitrogen and oxygen atoms in total. The number of alkyl halides is 3. The second-order valence-electron chi connectivity index (χ2n) is 5.67. The number of hydrogen-bond donors (Lipinski definition) is 1. The topological polar surface area (TPSA) is 58.6 Å². The van der Waals surface area contributed by atoms with Crippen molar-refractivity contribution in [3.05, 3.63) is 35.1 Å². The van der Waals surface area contributed by atoms with Gasteiger partial charge in [0.15, 0.2) is 0 Å². The van der Waals surface area contributed by atoms with Gasteiger partial charge in [0.1, 0.15) is 11.4 Å². The number of nitrogens with zero attached hydrogens (tertiary/aromatic N) is 1. The van der Waals surface area contributed by atoms with Gasteiger partial charge < -0.3 is 4.74 Å². The first kappa shape index (κ1) is 18.7. The molecule has 0 fully saturated rings. The number of halogens is 4. The summed E-state index contributed by atoms with van der Waals surface area (Å²) in [7, 11) is 1.03. The average molecular weight is 336 g/mol. The summed E-state index contributed by atoms with van der Waals surface area (Å²) in [4.78, 5) is 23.6. The predicted octanol–water partition coefficient (Wildman–Crippen LogP) is 3.36. The molecule has 0 bridgehead atoms. The Bertz CT molecular complexity index is 609. The highest BCUT2D eigenvalue weighted by atomic mass is 19.4. The van der Waals surface area contributed by atoms with E-state index in [9.17, 15) is 27.2 Å². The van der Waals surface area contributed by atoms with Crippen molar-refractivity contribution in [2.45, 2.75) is 32.5 Å². The van der Waals surface area contributed by atoms with Crippen LogP contribution in [0.2, 0.25) is 0 Å². The molecule has 1 rings (SSSR count). The van der Waals surface area contributed by atoms with E-state index in [-0.39, 0.29) is 0 Å². The number of carbonyl (C=O) groups excluding carboxylic acids is 2. The molecule has 1 aromatic carbocycles. The molecule has 0 unspecified atom stereocenters. The monoisotopic (exact) mass is 336 g/mol. The SMILES string of the molecule is CN(NC(=O)OC(C)(C)C)C(=O)c1cc(F)ccc1C(F)(F)F. The molecule has 2 amide bonds. The highest BCUT2D eigenvalue weighted by Gasteiger charge is 2.36. The van der Waals surface area contributed by atoms with Crippen molar-refractivity contribution in [2.24, 2.45) is 0 Å². The van der Waals surface area contributed by atoms with Crippen LogP contribution in [0, 0.1) is 5.82 Å². The lowest BCUT2D eigenvalue weighted by Crippen LogP contribution is -2.46.